The van der Waals surface area contributed by atoms with Crippen molar-refractivity contribution in [2.75, 3.05) is 7.05 Å². The molecule has 3 rings (SSSR count). The van der Waals surface area contributed by atoms with Crippen LogP contribution in [-0.4, -0.2) is 45.6 Å². The largest absolute Gasteiger partial charge is 0.370 e. The standard InChI is InChI=1S/C24H24F3N5O2/c1-3-19(33)18-11-16(12-32(18)13-20(25)26)21(23(34)31(2)24(28)29)15-7-4-6-14(10-15)17-8-5-9-30-22(17)27/h4-12,20-21H,3,13H2,1-2H3,(H3,28,29). The van der Waals surface area contributed by atoms with Gasteiger partial charge in [0.2, 0.25) is 11.9 Å². The van der Waals surface area contributed by atoms with Gasteiger partial charge in [-0.1, -0.05) is 25.1 Å². The summed E-state index contributed by atoms with van der Waals surface area (Å²) in [5.41, 5.74) is 6.91. The maximum Gasteiger partial charge on any atom is 0.256 e. The lowest BCUT2D eigenvalue weighted by Gasteiger charge is -2.23. The number of nitrogens with zero attached hydrogens (tertiary/aromatic N) is 3. The molecule has 0 radical (unpaired) electrons. The van der Waals surface area contributed by atoms with Gasteiger partial charge < -0.3 is 10.3 Å². The maximum atomic E-state index is 14.3. The number of likely N-dealkylation sites (N-methyl/N-ethyl adjacent to an activating group) is 1. The van der Waals surface area contributed by atoms with Crippen LogP contribution in [0.3, 0.4) is 0 Å². The second-order valence-corrected chi connectivity index (χ2v) is 7.66. The summed E-state index contributed by atoms with van der Waals surface area (Å²) in [7, 11) is 1.32. The Hall–Kier alpha value is -3.95. The summed E-state index contributed by atoms with van der Waals surface area (Å²) in [5.74, 6) is -3.26. The quantitative estimate of drug-likeness (QED) is 0.224. The van der Waals surface area contributed by atoms with Gasteiger partial charge in [0.25, 0.3) is 6.43 Å². The maximum absolute atomic E-state index is 14.3. The Bertz CT molecular complexity index is 1220. The molecule has 0 spiro atoms. The Morgan fingerprint density at radius 2 is 1.91 bits per heavy atom. The van der Waals surface area contributed by atoms with E-state index in [4.69, 9.17) is 11.1 Å². The third-order valence-electron chi connectivity index (χ3n) is 5.42. The Morgan fingerprint density at radius 3 is 2.53 bits per heavy atom. The molecule has 2 aromatic heterocycles. The number of nitrogens with two attached hydrogens (primary N) is 1. The minimum Gasteiger partial charge on any atom is -0.370 e. The van der Waals surface area contributed by atoms with Gasteiger partial charge in [0, 0.05) is 31.4 Å². The number of hydrogen-bond donors (Lipinski definition) is 2. The van der Waals surface area contributed by atoms with E-state index in [9.17, 15) is 22.8 Å². The summed E-state index contributed by atoms with van der Waals surface area (Å²) in [6, 6.07) is 11.0. The molecule has 2 heterocycles. The smallest absolute Gasteiger partial charge is 0.256 e. The molecular weight excluding hydrogens is 447 g/mol. The van der Waals surface area contributed by atoms with Crippen molar-refractivity contribution >= 4 is 17.6 Å². The Kier molecular flexibility index (Phi) is 7.50. The molecule has 178 valence electrons. The molecule has 3 aromatic rings. The van der Waals surface area contributed by atoms with Gasteiger partial charge in [0.05, 0.1) is 18.2 Å². The third kappa shape index (κ3) is 5.16. The van der Waals surface area contributed by atoms with Crippen LogP contribution in [0, 0.1) is 11.4 Å². The van der Waals surface area contributed by atoms with Gasteiger partial charge in [-0.2, -0.15) is 4.39 Å². The molecule has 0 fully saturated rings. The van der Waals surface area contributed by atoms with Crippen molar-refractivity contribution in [1.82, 2.24) is 14.5 Å². The van der Waals surface area contributed by atoms with Crippen molar-refractivity contribution < 1.29 is 22.8 Å². The van der Waals surface area contributed by atoms with Crippen molar-refractivity contribution in [2.45, 2.75) is 32.2 Å². The average molecular weight is 471 g/mol. The van der Waals surface area contributed by atoms with Crippen LogP contribution in [0.5, 0.6) is 0 Å². The number of Topliss-reactive ketones (excluding diaryl/α,β-unsaturated/α-hetero) is 1. The normalized spacial score (nSPS) is 11.9. The highest BCUT2D eigenvalue weighted by Crippen LogP contribution is 2.32. The minimum atomic E-state index is -2.71. The number of alkyl halides is 2. The van der Waals surface area contributed by atoms with E-state index in [-0.39, 0.29) is 29.0 Å². The molecule has 7 nitrogen and oxygen atoms in total. The van der Waals surface area contributed by atoms with E-state index in [2.05, 4.69) is 4.98 Å². The second-order valence-electron chi connectivity index (χ2n) is 7.66. The number of pyridine rings is 1. The number of halogens is 3. The van der Waals surface area contributed by atoms with Crippen LogP contribution in [0.25, 0.3) is 11.1 Å². The highest BCUT2D eigenvalue weighted by molar-refractivity contribution is 6.00. The van der Waals surface area contributed by atoms with Crippen LogP contribution < -0.4 is 5.73 Å². The summed E-state index contributed by atoms with van der Waals surface area (Å²) >= 11 is 0. The SMILES string of the molecule is CCC(=O)c1cc(C(C(=O)N(C)C(=N)N)c2cccc(-c3cccnc3F)c2)cn1CC(F)F. The van der Waals surface area contributed by atoms with Gasteiger partial charge in [-0.05, 0) is 41.0 Å². The number of ketones is 1. The molecule has 0 bridgehead atoms. The fourth-order valence-electron chi connectivity index (χ4n) is 3.68. The van der Waals surface area contributed by atoms with Crippen molar-refractivity contribution in [1.29, 1.82) is 5.41 Å². The molecule has 0 aliphatic rings. The number of carbonyl (C=O) groups excluding carboxylic acids is 2. The molecule has 1 aromatic carbocycles. The van der Waals surface area contributed by atoms with E-state index in [0.717, 1.165) is 9.47 Å². The lowest BCUT2D eigenvalue weighted by Crippen LogP contribution is -2.41. The second kappa shape index (κ2) is 10.3. The number of carbonyl (C=O) groups is 2. The van der Waals surface area contributed by atoms with Gasteiger partial charge in [0.15, 0.2) is 11.7 Å². The van der Waals surface area contributed by atoms with E-state index in [1.807, 2.05) is 0 Å². The number of amides is 1. The molecule has 3 N–H and O–H groups in total. The van der Waals surface area contributed by atoms with E-state index in [1.54, 1.807) is 37.3 Å². The summed E-state index contributed by atoms with van der Waals surface area (Å²) in [6.45, 7) is 0.894. The van der Waals surface area contributed by atoms with Crippen LogP contribution >= 0.6 is 0 Å². The minimum absolute atomic E-state index is 0.0514. The number of hydrogen-bond acceptors (Lipinski definition) is 4. The van der Waals surface area contributed by atoms with E-state index in [0.29, 0.717) is 11.1 Å². The molecule has 0 aliphatic heterocycles. The Morgan fingerprint density at radius 1 is 1.18 bits per heavy atom. The molecule has 0 aliphatic carbocycles. The third-order valence-corrected chi connectivity index (χ3v) is 5.42. The predicted molar refractivity (Wildman–Crippen MR) is 121 cm³/mol. The Labute approximate surface area is 194 Å². The van der Waals surface area contributed by atoms with Crippen LogP contribution in [0.2, 0.25) is 0 Å². The first-order valence-corrected chi connectivity index (χ1v) is 10.5. The van der Waals surface area contributed by atoms with E-state index >= 15 is 0 Å². The zero-order chi connectivity index (χ0) is 25.0. The van der Waals surface area contributed by atoms with Crippen LogP contribution in [0.1, 0.15) is 40.9 Å². The first-order valence-electron chi connectivity index (χ1n) is 10.5. The van der Waals surface area contributed by atoms with E-state index < -0.39 is 36.7 Å². The van der Waals surface area contributed by atoms with Gasteiger partial charge in [-0.15, -0.1) is 0 Å². The first kappa shape index (κ1) is 24.7. The monoisotopic (exact) mass is 471 g/mol. The van der Waals surface area contributed by atoms with Gasteiger partial charge in [0.1, 0.15) is 0 Å². The summed E-state index contributed by atoms with van der Waals surface area (Å²) in [5, 5.41) is 7.66. The number of guanidine groups is 1. The molecule has 1 amide bonds. The molecular formula is C24H24F3N5O2. The zero-order valence-corrected chi connectivity index (χ0v) is 18.6. The highest BCUT2D eigenvalue weighted by atomic mass is 19.3. The number of benzene rings is 1. The molecule has 1 unspecified atom stereocenters. The fourth-order valence-corrected chi connectivity index (χ4v) is 3.68. The average Bonchev–Trinajstić information content (AvgIpc) is 3.20. The zero-order valence-electron chi connectivity index (χ0n) is 18.6. The Balaban J connectivity index is 2.18. The van der Waals surface area contributed by atoms with Crippen LogP contribution in [0.4, 0.5) is 13.2 Å². The molecule has 1 atom stereocenters. The van der Waals surface area contributed by atoms with Crippen LogP contribution in [0.15, 0.2) is 54.9 Å². The molecule has 0 saturated heterocycles. The van der Waals surface area contributed by atoms with Gasteiger partial charge >= 0.3 is 0 Å². The topological polar surface area (TPSA) is 105 Å². The summed E-state index contributed by atoms with van der Waals surface area (Å²) < 4.78 is 41.8. The molecule has 0 saturated carbocycles. The van der Waals surface area contributed by atoms with Crippen molar-refractivity contribution in [2.24, 2.45) is 5.73 Å². The first-order chi connectivity index (χ1) is 16.1. The fraction of sp³-hybridized carbons (Fsp3) is 0.250. The van der Waals surface area contributed by atoms with Crippen molar-refractivity contribution in [3.63, 3.8) is 0 Å². The lowest BCUT2D eigenvalue weighted by atomic mass is 9.89. The number of aromatic nitrogens is 2. The van der Waals surface area contributed by atoms with E-state index in [1.165, 1.54) is 31.6 Å². The van der Waals surface area contributed by atoms with Crippen molar-refractivity contribution in [3.8, 4) is 11.1 Å². The summed E-state index contributed by atoms with van der Waals surface area (Å²) in [4.78, 5) is 30.3. The predicted octanol–water partition coefficient (Wildman–Crippen LogP) is 4.03. The molecule has 34 heavy (non-hydrogen) atoms. The number of rotatable bonds is 8. The lowest BCUT2D eigenvalue weighted by molar-refractivity contribution is -0.127. The van der Waals surface area contributed by atoms with Crippen LogP contribution in [-0.2, 0) is 11.3 Å². The summed E-state index contributed by atoms with van der Waals surface area (Å²) in [6.07, 6.45) is 0.0289. The molecule has 10 heteroatoms. The van der Waals surface area contributed by atoms with Gasteiger partial charge in [-0.25, -0.2) is 13.8 Å². The van der Waals surface area contributed by atoms with Crippen molar-refractivity contribution in [3.05, 3.63) is 77.6 Å². The van der Waals surface area contributed by atoms with Gasteiger partial charge in [-0.3, -0.25) is 19.9 Å². The number of nitrogens with one attached hydrogen (secondary N) is 1. The highest BCUT2D eigenvalue weighted by Gasteiger charge is 2.30.